The molecule has 0 unspecified atom stereocenters. The van der Waals surface area contributed by atoms with Crippen LogP contribution in [-0.2, 0) is 6.54 Å². The number of fused-ring (bicyclic) bond motifs is 5. The molecule has 2 heterocycles. The van der Waals surface area contributed by atoms with Gasteiger partial charge in [0, 0.05) is 39.9 Å². The molecular formula is C45H43N2O3S2+. The number of nitrogens with zero attached hydrogens (tertiary/aromatic N) is 2. The third-order valence-electron chi connectivity index (χ3n) is 9.87. The van der Waals surface area contributed by atoms with E-state index in [0.717, 1.165) is 51.5 Å². The third kappa shape index (κ3) is 6.59. The third-order valence-corrected chi connectivity index (χ3v) is 12.2. The largest absolute Gasteiger partial charge is 0.493 e. The topological polar surface area (TPSA) is 34.8 Å². The number of methoxy groups -OCH3 is 2. The Morgan fingerprint density at radius 2 is 1.56 bits per heavy atom. The Hall–Kier alpha value is -4.98. The van der Waals surface area contributed by atoms with Gasteiger partial charge in [-0.15, -0.1) is 0 Å². The van der Waals surface area contributed by atoms with Crippen LogP contribution in [0.5, 0.6) is 17.2 Å². The maximum absolute atomic E-state index is 6.53. The molecule has 7 heteroatoms. The minimum atomic E-state index is 0.150. The van der Waals surface area contributed by atoms with Gasteiger partial charge in [-0.3, -0.25) is 0 Å². The van der Waals surface area contributed by atoms with Crippen LogP contribution in [0.15, 0.2) is 136 Å². The molecule has 1 aromatic heterocycles. The Bertz CT molecular complexity index is 2450. The van der Waals surface area contributed by atoms with E-state index < -0.39 is 0 Å². The summed E-state index contributed by atoms with van der Waals surface area (Å²) in [4.78, 5) is 3.31. The van der Waals surface area contributed by atoms with Crippen molar-refractivity contribution in [1.82, 2.24) is 0 Å². The number of thioether (sulfide) groups is 1. The van der Waals surface area contributed by atoms with E-state index in [4.69, 9.17) is 14.2 Å². The van der Waals surface area contributed by atoms with Crippen molar-refractivity contribution in [2.75, 3.05) is 25.9 Å². The number of hydrogen-bond donors (Lipinski definition) is 0. The van der Waals surface area contributed by atoms with Gasteiger partial charge in [0.25, 0.3) is 5.01 Å². The summed E-state index contributed by atoms with van der Waals surface area (Å²) >= 11 is 3.62. The first-order chi connectivity index (χ1) is 25.3. The highest BCUT2D eigenvalue weighted by atomic mass is 32.2. The maximum Gasteiger partial charge on any atom is 0.263 e. The van der Waals surface area contributed by atoms with E-state index in [1.165, 1.54) is 37.1 Å². The molecule has 0 bridgehead atoms. The molecule has 1 aliphatic carbocycles. The second-order valence-corrected chi connectivity index (χ2v) is 16.2. The zero-order chi connectivity index (χ0) is 35.8. The molecule has 1 aliphatic heterocycles. The molecule has 8 rings (SSSR count). The first-order valence-corrected chi connectivity index (χ1v) is 19.4. The second-order valence-electron chi connectivity index (χ2n) is 14.1. The summed E-state index contributed by atoms with van der Waals surface area (Å²) < 4.78 is 21.7. The molecule has 0 N–H and O–H groups in total. The fourth-order valence-electron chi connectivity index (χ4n) is 7.53. The lowest BCUT2D eigenvalue weighted by atomic mass is 9.75. The van der Waals surface area contributed by atoms with Crippen LogP contribution in [0.2, 0.25) is 0 Å². The van der Waals surface area contributed by atoms with Crippen molar-refractivity contribution in [3.05, 3.63) is 136 Å². The zero-order valence-electron chi connectivity index (χ0n) is 30.3. The fraction of sp³-hybridized carbons (Fsp3) is 0.222. The first kappa shape index (κ1) is 34.1. The van der Waals surface area contributed by atoms with Crippen molar-refractivity contribution < 1.29 is 18.8 Å². The van der Waals surface area contributed by atoms with Crippen LogP contribution in [0.1, 0.15) is 38.6 Å². The number of allylic oxidation sites excluding steroid dienone is 6. The Morgan fingerprint density at radius 3 is 2.35 bits per heavy atom. The predicted molar refractivity (Wildman–Crippen MR) is 219 cm³/mol. The van der Waals surface area contributed by atoms with Gasteiger partial charge in [0.15, 0.2) is 18.2 Å². The van der Waals surface area contributed by atoms with Gasteiger partial charge in [-0.25, -0.2) is 0 Å². The van der Waals surface area contributed by atoms with Crippen LogP contribution < -0.4 is 23.7 Å². The molecule has 52 heavy (non-hydrogen) atoms. The summed E-state index contributed by atoms with van der Waals surface area (Å²) in [5, 5.41) is 7.25. The van der Waals surface area contributed by atoms with Gasteiger partial charge < -0.3 is 19.1 Å². The molecular weight excluding hydrogens is 681 g/mol. The smallest absolute Gasteiger partial charge is 0.263 e. The summed E-state index contributed by atoms with van der Waals surface area (Å²) in [6.07, 6.45) is 13.6. The number of anilines is 1. The average Bonchev–Trinajstić information content (AvgIpc) is 3.68. The Balaban J connectivity index is 1.11. The minimum absolute atomic E-state index is 0.150. The zero-order valence-corrected chi connectivity index (χ0v) is 31.9. The number of rotatable bonds is 9. The van der Waals surface area contributed by atoms with Crippen LogP contribution in [0.25, 0.3) is 37.8 Å². The van der Waals surface area contributed by atoms with Gasteiger partial charge >= 0.3 is 0 Å². The van der Waals surface area contributed by atoms with E-state index in [9.17, 15) is 0 Å². The van der Waals surface area contributed by atoms with Crippen molar-refractivity contribution in [3.63, 3.8) is 0 Å². The predicted octanol–water partition coefficient (Wildman–Crippen LogP) is 11.7. The highest BCUT2D eigenvalue weighted by molar-refractivity contribution is 8.03. The van der Waals surface area contributed by atoms with E-state index in [-0.39, 0.29) is 5.41 Å². The first-order valence-electron chi connectivity index (χ1n) is 17.8. The summed E-state index contributed by atoms with van der Waals surface area (Å²) in [6, 6.07) is 31.9. The van der Waals surface area contributed by atoms with Crippen molar-refractivity contribution in [2.24, 2.45) is 5.41 Å². The fourth-order valence-corrected chi connectivity index (χ4v) is 9.93. The monoisotopic (exact) mass is 723 g/mol. The minimum Gasteiger partial charge on any atom is -0.493 e. The summed E-state index contributed by atoms with van der Waals surface area (Å²) in [5.74, 6) is 2.27. The summed E-state index contributed by atoms with van der Waals surface area (Å²) in [6.45, 7) is 8.29. The lowest BCUT2D eigenvalue weighted by Gasteiger charge is -2.30. The van der Waals surface area contributed by atoms with Crippen LogP contribution in [0.3, 0.4) is 0 Å². The molecule has 2 aliphatic rings. The number of aryl methyl sites for hydroxylation is 1. The summed E-state index contributed by atoms with van der Waals surface area (Å²) in [7, 11) is 3.35. The standard InChI is InChI=1S/C45H43N2O3S2/c1-6-46-36-22-21-33-15-8-10-18-35(33)44(36)52-43(46)24-31-23-30(27-45(2,3)28-31)13-11-20-42-47(37-25-39(48-4)40(49-5)26-41(37)51-42)29-50-38-19-12-16-32-14-7-9-17-34(32)38/h7-26H,6,27-29H2,1-5H3/q+1. The Kier molecular flexibility index (Phi) is 9.32. The number of hydrogen-bond acceptors (Lipinski definition) is 6. The van der Waals surface area contributed by atoms with Gasteiger partial charge in [0.2, 0.25) is 5.52 Å². The van der Waals surface area contributed by atoms with Crippen LogP contribution in [-0.4, -0.2) is 21.0 Å². The van der Waals surface area contributed by atoms with E-state index in [2.05, 4.69) is 133 Å². The quantitative estimate of drug-likeness (QED) is 0.139. The molecule has 0 radical (unpaired) electrons. The molecule has 0 amide bonds. The van der Waals surface area contributed by atoms with Crippen molar-refractivity contribution in [2.45, 2.75) is 45.1 Å². The maximum atomic E-state index is 6.53. The molecule has 6 aromatic rings. The van der Waals surface area contributed by atoms with Gasteiger partial charge in [0.05, 0.1) is 24.9 Å². The molecule has 5 aromatic carbocycles. The normalized spacial score (nSPS) is 17.1. The number of aromatic nitrogens is 1. The van der Waals surface area contributed by atoms with E-state index >= 15 is 0 Å². The lowest BCUT2D eigenvalue weighted by Crippen LogP contribution is -2.33. The van der Waals surface area contributed by atoms with Gasteiger partial charge in [-0.2, -0.15) is 4.57 Å². The highest BCUT2D eigenvalue weighted by Gasteiger charge is 2.29. The SMILES string of the molecule is CC[n+]1c(C=C2C=C(C=CC=C3Sc4cc(OC)c(OC)cc4N3COc3cccc4ccccc34)CC(C)(C)C2)sc2c3ccccc3ccc21. The van der Waals surface area contributed by atoms with E-state index in [0.29, 0.717) is 18.2 Å². The number of ether oxygens (including phenoxy) is 3. The molecule has 5 nitrogen and oxygen atoms in total. The Labute approximate surface area is 314 Å². The molecule has 0 spiro atoms. The van der Waals surface area contributed by atoms with Gasteiger partial charge in [0.1, 0.15) is 17.0 Å². The van der Waals surface area contributed by atoms with Gasteiger partial charge in [-0.1, -0.05) is 116 Å². The van der Waals surface area contributed by atoms with Crippen LogP contribution >= 0.6 is 23.1 Å². The number of benzene rings is 5. The Morgan fingerprint density at radius 1 is 0.827 bits per heavy atom. The molecule has 0 saturated heterocycles. The molecule has 0 atom stereocenters. The van der Waals surface area contributed by atoms with Crippen LogP contribution in [0.4, 0.5) is 5.69 Å². The van der Waals surface area contributed by atoms with Crippen molar-refractivity contribution >= 4 is 66.6 Å². The molecule has 0 fully saturated rings. The van der Waals surface area contributed by atoms with Crippen molar-refractivity contribution in [1.29, 1.82) is 0 Å². The van der Waals surface area contributed by atoms with Crippen LogP contribution in [0, 0.1) is 5.41 Å². The van der Waals surface area contributed by atoms with Gasteiger partial charge in [-0.05, 0) is 65.3 Å². The number of thiazole rings is 1. The second kappa shape index (κ2) is 14.2. The van der Waals surface area contributed by atoms with Crippen molar-refractivity contribution in [3.8, 4) is 17.2 Å². The molecule has 0 saturated carbocycles. The lowest BCUT2D eigenvalue weighted by molar-refractivity contribution is -0.665. The van der Waals surface area contributed by atoms with E-state index in [1.807, 2.05) is 29.5 Å². The summed E-state index contributed by atoms with van der Waals surface area (Å²) in [5.41, 5.74) is 5.19. The average molecular weight is 724 g/mol. The highest BCUT2D eigenvalue weighted by Crippen LogP contribution is 2.50. The molecule has 262 valence electrons. The van der Waals surface area contributed by atoms with E-state index in [1.54, 1.807) is 26.0 Å².